The molecule has 2 nitrogen and oxygen atoms in total. The fraction of sp³-hybridized carbons (Fsp3) is 0.417. The van der Waals surface area contributed by atoms with Crippen LogP contribution in [0.25, 0.3) is 0 Å². The van der Waals surface area contributed by atoms with E-state index in [0.29, 0.717) is 12.5 Å². The van der Waals surface area contributed by atoms with Gasteiger partial charge in [-0.25, -0.2) is 0 Å². The van der Waals surface area contributed by atoms with Gasteiger partial charge in [-0.05, 0) is 36.8 Å². The summed E-state index contributed by atoms with van der Waals surface area (Å²) >= 11 is 1.72. The Kier molecular flexibility index (Phi) is 3.31. The number of benzene rings is 1. The van der Waals surface area contributed by atoms with Crippen molar-refractivity contribution in [3.63, 3.8) is 0 Å². The minimum absolute atomic E-state index is 0.148. The van der Waals surface area contributed by atoms with Crippen molar-refractivity contribution in [2.45, 2.75) is 30.2 Å². The molecule has 1 amide bonds. The highest BCUT2D eigenvalue weighted by atomic mass is 32.2. The zero-order chi connectivity index (χ0) is 10.7. The fourth-order valence-corrected chi connectivity index (χ4v) is 1.84. The normalized spacial score (nSPS) is 15.0. The van der Waals surface area contributed by atoms with E-state index in [2.05, 4.69) is 23.7 Å². The lowest BCUT2D eigenvalue weighted by Gasteiger charge is -2.03. The first-order chi connectivity index (χ1) is 7.28. The van der Waals surface area contributed by atoms with Gasteiger partial charge in [0.1, 0.15) is 0 Å². The summed E-state index contributed by atoms with van der Waals surface area (Å²) in [6, 6.07) is 8.63. The van der Waals surface area contributed by atoms with Crippen LogP contribution in [0.15, 0.2) is 29.2 Å². The average Bonchev–Trinajstić information content (AvgIpc) is 3.03. The van der Waals surface area contributed by atoms with Gasteiger partial charge in [-0.1, -0.05) is 12.1 Å². The van der Waals surface area contributed by atoms with Crippen molar-refractivity contribution in [1.29, 1.82) is 0 Å². The van der Waals surface area contributed by atoms with Gasteiger partial charge in [0.05, 0.1) is 6.42 Å². The Labute approximate surface area is 94.4 Å². The molecule has 0 bridgehead atoms. The molecule has 1 aliphatic carbocycles. The van der Waals surface area contributed by atoms with E-state index < -0.39 is 0 Å². The Morgan fingerprint density at radius 2 is 2.07 bits per heavy atom. The zero-order valence-corrected chi connectivity index (χ0v) is 9.64. The van der Waals surface area contributed by atoms with E-state index in [1.807, 2.05) is 12.1 Å². The number of thioether (sulfide) groups is 1. The monoisotopic (exact) mass is 221 g/mol. The number of rotatable bonds is 4. The van der Waals surface area contributed by atoms with Crippen molar-refractivity contribution in [3.05, 3.63) is 29.8 Å². The highest BCUT2D eigenvalue weighted by Crippen LogP contribution is 2.19. The summed E-state index contributed by atoms with van der Waals surface area (Å²) in [4.78, 5) is 12.7. The lowest BCUT2D eigenvalue weighted by molar-refractivity contribution is -0.120. The Bertz CT molecular complexity index is 343. The Balaban J connectivity index is 1.88. The van der Waals surface area contributed by atoms with Crippen LogP contribution < -0.4 is 5.32 Å². The molecule has 1 aromatic carbocycles. The minimum atomic E-state index is 0.148. The molecule has 0 radical (unpaired) electrons. The van der Waals surface area contributed by atoms with Gasteiger partial charge in [-0.2, -0.15) is 0 Å². The second kappa shape index (κ2) is 4.71. The number of nitrogens with one attached hydrogen (secondary N) is 1. The minimum Gasteiger partial charge on any atom is -0.353 e. The van der Waals surface area contributed by atoms with Crippen LogP contribution in [-0.2, 0) is 11.2 Å². The molecule has 1 aliphatic rings. The summed E-state index contributed by atoms with van der Waals surface area (Å²) < 4.78 is 0. The first kappa shape index (κ1) is 10.6. The van der Waals surface area contributed by atoms with E-state index in [1.165, 1.54) is 4.90 Å². The average molecular weight is 221 g/mol. The molecule has 0 atom stereocenters. The van der Waals surface area contributed by atoms with E-state index in [1.54, 1.807) is 11.8 Å². The SMILES string of the molecule is CSc1ccc(CC(=O)NC2CC2)cc1. The van der Waals surface area contributed by atoms with Gasteiger partial charge in [0.15, 0.2) is 0 Å². The van der Waals surface area contributed by atoms with Crippen LogP contribution in [0.3, 0.4) is 0 Å². The van der Waals surface area contributed by atoms with Gasteiger partial charge >= 0.3 is 0 Å². The molecular formula is C12H15NOS. The highest BCUT2D eigenvalue weighted by molar-refractivity contribution is 7.98. The molecule has 80 valence electrons. The molecule has 0 aromatic heterocycles. The summed E-state index contributed by atoms with van der Waals surface area (Å²) in [5, 5.41) is 2.99. The Morgan fingerprint density at radius 1 is 1.40 bits per heavy atom. The molecule has 0 spiro atoms. The molecule has 3 heteroatoms. The summed E-state index contributed by atoms with van der Waals surface area (Å²) in [6.45, 7) is 0. The molecular weight excluding hydrogens is 206 g/mol. The van der Waals surface area contributed by atoms with Crippen LogP contribution in [0.4, 0.5) is 0 Å². The maximum atomic E-state index is 11.5. The topological polar surface area (TPSA) is 29.1 Å². The number of hydrogen-bond acceptors (Lipinski definition) is 2. The van der Waals surface area contributed by atoms with Crippen molar-refractivity contribution < 1.29 is 4.79 Å². The molecule has 2 rings (SSSR count). The van der Waals surface area contributed by atoms with Crippen LogP contribution in [-0.4, -0.2) is 18.2 Å². The van der Waals surface area contributed by atoms with Crippen molar-refractivity contribution in [2.75, 3.05) is 6.26 Å². The third kappa shape index (κ3) is 3.27. The fourth-order valence-electron chi connectivity index (χ4n) is 1.44. The quantitative estimate of drug-likeness (QED) is 0.790. The predicted molar refractivity (Wildman–Crippen MR) is 63.1 cm³/mol. The summed E-state index contributed by atoms with van der Waals surface area (Å²) in [6.07, 6.45) is 4.86. The van der Waals surface area contributed by atoms with Gasteiger partial charge in [0.25, 0.3) is 0 Å². The lowest BCUT2D eigenvalue weighted by atomic mass is 10.1. The maximum Gasteiger partial charge on any atom is 0.224 e. The van der Waals surface area contributed by atoms with E-state index in [4.69, 9.17) is 0 Å². The molecule has 0 saturated heterocycles. The summed E-state index contributed by atoms with van der Waals surface area (Å²) in [7, 11) is 0. The van der Waals surface area contributed by atoms with Crippen LogP contribution >= 0.6 is 11.8 Å². The predicted octanol–water partition coefficient (Wildman–Crippen LogP) is 2.23. The van der Waals surface area contributed by atoms with Gasteiger partial charge in [0.2, 0.25) is 5.91 Å². The third-order valence-corrected chi connectivity index (χ3v) is 3.21. The van der Waals surface area contributed by atoms with Gasteiger partial charge in [-0.3, -0.25) is 4.79 Å². The lowest BCUT2D eigenvalue weighted by Crippen LogP contribution is -2.26. The van der Waals surface area contributed by atoms with E-state index in [0.717, 1.165) is 18.4 Å². The molecule has 0 aliphatic heterocycles. The standard InChI is InChI=1S/C12H15NOS/c1-15-11-6-2-9(3-7-11)8-12(14)13-10-4-5-10/h2-3,6-7,10H,4-5,8H2,1H3,(H,13,14). The largest absolute Gasteiger partial charge is 0.353 e. The number of hydrogen-bond donors (Lipinski definition) is 1. The molecule has 0 unspecified atom stereocenters. The molecule has 1 saturated carbocycles. The molecule has 1 N–H and O–H groups in total. The summed E-state index contributed by atoms with van der Waals surface area (Å²) in [5.74, 6) is 0.148. The molecule has 15 heavy (non-hydrogen) atoms. The van der Waals surface area contributed by atoms with Crippen LogP contribution in [0.1, 0.15) is 18.4 Å². The second-order valence-corrected chi connectivity index (χ2v) is 4.75. The molecule has 0 heterocycles. The van der Waals surface area contributed by atoms with E-state index >= 15 is 0 Å². The second-order valence-electron chi connectivity index (χ2n) is 3.87. The molecule has 1 fully saturated rings. The van der Waals surface area contributed by atoms with Gasteiger partial charge < -0.3 is 5.32 Å². The number of amides is 1. The van der Waals surface area contributed by atoms with Crippen molar-refractivity contribution >= 4 is 17.7 Å². The highest BCUT2D eigenvalue weighted by Gasteiger charge is 2.22. The van der Waals surface area contributed by atoms with Crippen molar-refractivity contribution in [2.24, 2.45) is 0 Å². The summed E-state index contributed by atoms with van der Waals surface area (Å²) in [5.41, 5.74) is 1.09. The van der Waals surface area contributed by atoms with Crippen LogP contribution in [0.5, 0.6) is 0 Å². The first-order valence-corrected chi connectivity index (χ1v) is 6.42. The van der Waals surface area contributed by atoms with E-state index in [9.17, 15) is 4.79 Å². The van der Waals surface area contributed by atoms with Crippen LogP contribution in [0.2, 0.25) is 0 Å². The Morgan fingerprint density at radius 3 is 2.60 bits per heavy atom. The van der Waals surface area contributed by atoms with Crippen LogP contribution in [0, 0.1) is 0 Å². The smallest absolute Gasteiger partial charge is 0.224 e. The first-order valence-electron chi connectivity index (χ1n) is 5.20. The number of carbonyl (C=O) groups excluding carboxylic acids is 1. The van der Waals surface area contributed by atoms with Gasteiger partial charge in [-0.15, -0.1) is 11.8 Å². The van der Waals surface area contributed by atoms with Crippen molar-refractivity contribution in [3.8, 4) is 0 Å². The van der Waals surface area contributed by atoms with Crippen molar-refractivity contribution in [1.82, 2.24) is 5.32 Å². The molecule has 1 aromatic rings. The zero-order valence-electron chi connectivity index (χ0n) is 8.82. The number of carbonyl (C=O) groups is 1. The third-order valence-electron chi connectivity index (χ3n) is 2.47. The maximum absolute atomic E-state index is 11.5. The van der Waals surface area contributed by atoms with E-state index in [-0.39, 0.29) is 5.91 Å². The van der Waals surface area contributed by atoms with Gasteiger partial charge in [0, 0.05) is 10.9 Å². The Hall–Kier alpha value is -0.960.